The maximum atomic E-state index is 10.9. The van der Waals surface area contributed by atoms with Crippen LogP contribution in [0.15, 0.2) is 18.2 Å². The number of hydrogen-bond acceptors (Lipinski definition) is 1. The van der Waals surface area contributed by atoms with E-state index in [1.165, 1.54) is 68.3 Å². The van der Waals surface area contributed by atoms with Gasteiger partial charge in [0.1, 0.15) is 12.1 Å². The van der Waals surface area contributed by atoms with Crippen molar-refractivity contribution in [3.63, 3.8) is 0 Å². The lowest BCUT2D eigenvalue weighted by Gasteiger charge is -2.33. The summed E-state index contributed by atoms with van der Waals surface area (Å²) in [6.07, 6.45) is 8.65. The Morgan fingerprint density at radius 3 is 2.55 bits per heavy atom. The number of rotatable bonds is 3. The minimum Gasteiger partial charge on any atom is -0.382 e. The molecule has 0 saturated carbocycles. The first kappa shape index (κ1) is 14.1. The molecule has 2 heteroatoms. The molecule has 0 amide bonds. The molecule has 1 fully saturated rings. The van der Waals surface area contributed by atoms with E-state index in [1.54, 1.807) is 4.90 Å². The van der Waals surface area contributed by atoms with E-state index >= 15 is 0 Å². The van der Waals surface area contributed by atoms with Gasteiger partial charge in [0.2, 0.25) is 0 Å². The number of hydrogen-bond donors (Lipinski definition) is 2. The number of benzene rings is 1. The van der Waals surface area contributed by atoms with Gasteiger partial charge in [-0.1, -0.05) is 18.2 Å². The summed E-state index contributed by atoms with van der Waals surface area (Å²) in [7, 11) is 0. The van der Waals surface area contributed by atoms with Gasteiger partial charge in [-0.2, -0.15) is 0 Å². The second-order valence-electron chi connectivity index (χ2n) is 6.64. The summed E-state index contributed by atoms with van der Waals surface area (Å²) >= 11 is 0. The van der Waals surface area contributed by atoms with Crippen LogP contribution in [-0.4, -0.2) is 24.2 Å². The highest BCUT2D eigenvalue weighted by Gasteiger charge is 2.30. The Labute approximate surface area is 122 Å². The van der Waals surface area contributed by atoms with Crippen molar-refractivity contribution in [3.8, 4) is 0 Å². The van der Waals surface area contributed by atoms with Gasteiger partial charge in [-0.05, 0) is 68.6 Å². The number of aliphatic hydroxyl groups excluding tert-OH is 1. The predicted molar refractivity (Wildman–Crippen MR) is 82.1 cm³/mol. The average molecular weight is 274 g/mol. The molecular weight excluding hydrogens is 246 g/mol. The fourth-order valence-electron chi connectivity index (χ4n) is 4.04. The van der Waals surface area contributed by atoms with Crippen molar-refractivity contribution in [3.05, 3.63) is 34.9 Å². The van der Waals surface area contributed by atoms with Gasteiger partial charge < -0.3 is 10.0 Å². The summed E-state index contributed by atoms with van der Waals surface area (Å²) < 4.78 is 0. The first-order valence-electron chi connectivity index (χ1n) is 8.40. The van der Waals surface area contributed by atoms with Crippen LogP contribution >= 0.6 is 0 Å². The summed E-state index contributed by atoms with van der Waals surface area (Å²) in [6.45, 7) is 4.69. The van der Waals surface area contributed by atoms with Crippen molar-refractivity contribution in [2.75, 3.05) is 13.1 Å². The first-order valence-corrected chi connectivity index (χ1v) is 8.40. The molecule has 1 aromatic carbocycles. The van der Waals surface area contributed by atoms with Gasteiger partial charge in [0.25, 0.3) is 0 Å². The van der Waals surface area contributed by atoms with E-state index in [-0.39, 0.29) is 6.10 Å². The second kappa shape index (κ2) is 6.28. The molecular formula is C18H28NO+. The molecule has 1 heterocycles. The molecule has 0 aromatic heterocycles. The molecule has 1 aromatic rings. The van der Waals surface area contributed by atoms with E-state index in [9.17, 15) is 5.11 Å². The Morgan fingerprint density at radius 1 is 1.00 bits per heavy atom. The lowest BCUT2D eigenvalue weighted by atomic mass is 9.85. The Balaban J connectivity index is 1.80. The Hall–Kier alpha value is -0.860. The van der Waals surface area contributed by atoms with E-state index in [1.807, 2.05) is 0 Å². The van der Waals surface area contributed by atoms with Crippen molar-refractivity contribution in [2.45, 2.75) is 64.0 Å². The number of nitrogens with one attached hydrogen (secondary N) is 1. The minimum absolute atomic E-state index is 0.295. The van der Waals surface area contributed by atoms with Crippen LogP contribution in [0, 0.1) is 0 Å². The number of quaternary nitrogens is 1. The third-order valence-electron chi connectivity index (χ3n) is 5.36. The van der Waals surface area contributed by atoms with Crippen LogP contribution in [0.2, 0.25) is 0 Å². The monoisotopic (exact) mass is 274 g/mol. The summed E-state index contributed by atoms with van der Waals surface area (Å²) in [5.41, 5.74) is 4.15. The number of likely N-dealkylation sites (tertiary alicyclic amines) is 1. The molecule has 2 atom stereocenters. The molecule has 3 rings (SSSR count). The van der Waals surface area contributed by atoms with Gasteiger partial charge in [0.15, 0.2) is 0 Å². The number of aliphatic hydroxyl groups is 1. The van der Waals surface area contributed by atoms with Gasteiger partial charge in [-0.3, -0.25) is 0 Å². The highest BCUT2D eigenvalue weighted by molar-refractivity contribution is 5.38. The summed E-state index contributed by atoms with van der Waals surface area (Å²) in [6, 6.07) is 6.88. The molecule has 0 radical (unpaired) electrons. The topological polar surface area (TPSA) is 24.7 Å². The van der Waals surface area contributed by atoms with E-state index in [0.29, 0.717) is 6.04 Å². The van der Waals surface area contributed by atoms with Crippen molar-refractivity contribution in [2.24, 2.45) is 0 Å². The molecule has 0 unspecified atom stereocenters. The molecule has 0 spiro atoms. The largest absolute Gasteiger partial charge is 0.382 e. The highest BCUT2D eigenvalue weighted by atomic mass is 16.3. The van der Waals surface area contributed by atoms with Crippen molar-refractivity contribution >= 4 is 0 Å². The van der Waals surface area contributed by atoms with E-state index < -0.39 is 0 Å². The minimum atomic E-state index is -0.295. The highest BCUT2D eigenvalue weighted by Crippen LogP contribution is 2.29. The van der Waals surface area contributed by atoms with Gasteiger partial charge in [0, 0.05) is 0 Å². The molecule has 0 bridgehead atoms. The first-order chi connectivity index (χ1) is 9.77. The normalized spacial score (nSPS) is 23.1. The second-order valence-corrected chi connectivity index (χ2v) is 6.64. The number of piperidine rings is 1. The van der Waals surface area contributed by atoms with Crippen LogP contribution in [0.5, 0.6) is 0 Å². The fraction of sp³-hybridized carbons (Fsp3) is 0.667. The third kappa shape index (κ3) is 2.77. The predicted octanol–water partition coefficient (Wildman–Crippen LogP) is 2.06. The zero-order chi connectivity index (χ0) is 13.9. The van der Waals surface area contributed by atoms with Crippen molar-refractivity contribution in [1.82, 2.24) is 0 Å². The summed E-state index contributed by atoms with van der Waals surface area (Å²) in [4.78, 5) is 1.59. The number of aryl methyl sites for hydroxylation is 1. The Morgan fingerprint density at radius 2 is 1.75 bits per heavy atom. The zero-order valence-corrected chi connectivity index (χ0v) is 12.7. The van der Waals surface area contributed by atoms with Crippen LogP contribution in [-0.2, 0) is 12.8 Å². The van der Waals surface area contributed by atoms with Crippen molar-refractivity contribution < 1.29 is 10.0 Å². The molecule has 2 nitrogen and oxygen atoms in total. The van der Waals surface area contributed by atoms with Crippen LogP contribution in [0.1, 0.15) is 61.8 Å². The lowest BCUT2D eigenvalue weighted by molar-refractivity contribution is -0.932. The van der Waals surface area contributed by atoms with Crippen LogP contribution in [0.25, 0.3) is 0 Å². The van der Waals surface area contributed by atoms with E-state index in [4.69, 9.17) is 0 Å². The van der Waals surface area contributed by atoms with Gasteiger partial charge in [0.05, 0.1) is 13.1 Å². The molecule has 2 aliphatic rings. The molecule has 110 valence electrons. The average Bonchev–Trinajstić information content (AvgIpc) is 2.54. The SMILES string of the molecule is C[C@@H]([C@H](O)c1cccc2c1CCCC2)[NH+]1CCCCC1. The van der Waals surface area contributed by atoms with Crippen molar-refractivity contribution in [1.29, 1.82) is 0 Å². The Kier molecular flexibility index (Phi) is 4.42. The van der Waals surface area contributed by atoms with Gasteiger partial charge in [-0.25, -0.2) is 0 Å². The fourth-order valence-corrected chi connectivity index (χ4v) is 4.04. The molecule has 2 N–H and O–H groups in total. The van der Waals surface area contributed by atoms with Gasteiger partial charge in [-0.15, -0.1) is 0 Å². The van der Waals surface area contributed by atoms with Gasteiger partial charge >= 0.3 is 0 Å². The standard InChI is InChI=1S/C18H27NO/c1-14(19-12-5-2-6-13-19)18(20)17-11-7-9-15-8-3-4-10-16(15)17/h7,9,11,14,18,20H,2-6,8,10,12-13H2,1H3/p+1/t14-,18-/m0/s1. The zero-order valence-electron chi connectivity index (χ0n) is 12.7. The smallest absolute Gasteiger partial charge is 0.131 e. The van der Waals surface area contributed by atoms with E-state index in [0.717, 1.165) is 6.42 Å². The molecule has 1 aliphatic heterocycles. The number of fused-ring (bicyclic) bond motifs is 1. The van der Waals surface area contributed by atoms with E-state index in [2.05, 4.69) is 25.1 Å². The van der Waals surface area contributed by atoms with Crippen LogP contribution in [0.3, 0.4) is 0 Å². The molecule has 20 heavy (non-hydrogen) atoms. The molecule has 1 saturated heterocycles. The molecule has 1 aliphatic carbocycles. The quantitative estimate of drug-likeness (QED) is 0.866. The lowest BCUT2D eigenvalue weighted by Crippen LogP contribution is -3.16. The van der Waals surface area contributed by atoms with Crippen LogP contribution in [0.4, 0.5) is 0 Å². The van der Waals surface area contributed by atoms with Crippen LogP contribution < -0.4 is 4.90 Å². The maximum Gasteiger partial charge on any atom is 0.131 e. The third-order valence-corrected chi connectivity index (χ3v) is 5.36. The Bertz CT molecular complexity index is 451. The summed E-state index contributed by atoms with van der Waals surface area (Å²) in [5.74, 6) is 0. The summed E-state index contributed by atoms with van der Waals surface area (Å²) in [5, 5.41) is 10.9. The maximum absolute atomic E-state index is 10.9.